The van der Waals surface area contributed by atoms with Gasteiger partial charge in [-0.25, -0.2) is 9.98 Å². The van der Waals surface area contributed by atoms with Crippen LogP contribution in [0.15, 0.2) is 33.2 Å². The first-order valence-corrected chi connectivity index (χ1v) is 10.8. The summed E-state index contributed by atoms with van der Waals surface area (Å²) in [5, 5.41) is 8.83. The standard InChI is InChI=1S/C20H33N5OS/c1-5-21-20(23-16(4)10-8-12-25(6-2)7-3)22-14-17-15-26-19(24-17)18-11-9-13-27-18/h9,11,13,15-16H,5-8,10,12,14H2,1-4H3,(H2,21,22,23). The molecule has 0 aromatic carbocycles. The lowest BCUT2D eigenvalue weighted by atomic mass is 10.2. The molecular weight excluding hydrogens is 358 g/mol. The molecule has 0 radical (unpaired) electrons. The number of aliphatic imine (C=N–C) groups is 1. The van der Waals surface area contributed by atoms with E-state index in [0.717, 1.165) is 49.1 Å². The van der Waals surface area contributed by atoms with Gasteiger partial charge < -0.3 is 20.0 Å². The van der Waals surface area contributed by atoms with Crippen LogP contribution in [0.2, 0.25) is 0 Å². The van der Waals surface area contributed by atoms with Gasteiger partial charge in [0, 0.05) is 12.6 Å². The molecule has 1 unspecified atom stereocenters. The Labute approximate surface area is 167 Å². The molecule has 2 aromatic heterocycles. The largest absolute Gasteiger partial charge is 0.443 e. The number of thiophene rings is 1. The minimum Gasteiger partial charge on any atom is -0.443 e. The van der Waals surface area contributed by atoms with E-state index in [9.17, 15) is 0 Å². The fraction of sp³-hybridized carbons (Fsp3) is 0.600. The number of aromatic nitrogens is 1. The fourth-order valence-corrected chi connectivity index (χ4v) is 3.50. The maximum atomic E-state index is 5.56. The topological polar surface area (TPSA) is 65.7 Å². The molecule has 0 bridgehead atoms. The van der Waals surface area contributed by atoms with Gasteiger partial charge in [0.25, 0.3) is 0 Å². The van der Waals surface area contributed by atoms with E-state index >= 15 is 0 Å². The maximum absolute atomic E-state index is 5.56. The summed E-state index contributed by atoms with van der Waals surface area (Å²) < 4.78 is 5.56. The molecule has 0 fully saturated rings. The summed E-state index contributed by atoms with van der Waals surface area (Å²) in [6, 6.07) is 4.38. The Balaban J connectivity index is 1.84. The van der Waals surface area contributed by atoms with E-state index < -0.39 is 0 Å². The Kier molecular flexibility index (Phi) is 9.35. The lowest BCUT2D eigenvalue weighted by Gasteiger charge is -2.21. The number of hydrogen-bond acceptors (Lipinski definition) is 5. The zero-order valence-electron chi connectivity index (χ0n) is 17.0. The number of guanidine groups is 1. The monoisotopic (exact) mass is 391 g/mol. The summed E-state index contributed by atoms with van der Waals surface area (Å²) in [4.78, 5) is 12.7. The van der Waals surface area contributed by atoms with Crippen LogP contribution in [0.4, 0.5) is 0 Å². The van der Waals surface area contributed by atoms with Crippen LogP contribution in [-0.2, 0) is 6.54 Å². The van der Waals surface area contributed by atoms with E-state index in [1.165, 1.54) is 6.42 Å². The van der Waals surface area contributed by atoms with Crippen LogP contribution in [0.1, 0.15) is 46.2 Å². The van der Waals surface area contributed by atoms with Crippen molar-refractivity contribution in [1.29, 1.82) is 0 Å². The Bertz CT molecular complexity index is 664. The highest BCUT2D eigenvalue weighted by atomic mass is 32.1. The van der Waals surface area contributed by atoms with Crippen molar-refractivity contribution in [3.63, 3.8) is 0 Å². The third-order valence-corrected chi connectivity index (χ3v) is 5.27. The van der Waals surface area contributed by atoms with Crippen LogP contribution in [-0.4, -0.2) is 48.1 Å². The van der Waals surface area contributed by atoms with E-state index in [1.807, 2.05) is 17.5 Å². The smallest absolute Gasteiger partial charge is 0.236 e. The number of nitrogens with zero attached hydrogens (tertiary/aromatic N) is 3. The Morgan fingerprint density at radius 1 is 1.33 bits per heavy atom. The Hall–Kier alpha value is -1.86. The summed E-state index contributed by atoms with van der Waals surface area (Å²) in [5.74, 6) is 1.49. The average molecular weight is 392 g/mol. The van der Waals surface area contributed by atoms with Gasteiger partial charge in [-0.3, -0.25) is 0 Å². The lowest BCUT2D eigenvalue weighted by Crippen LogP contribution is -2.42. The SMILES string of the molecule is CCNC(=NCc1coc(-c2cccs2)n1)NC(C)CCCN(CC)CC. The summed E-state index contributed by atoms with van der Waals surface area (Å²) in [6.45, 7) is 13.4. The molecular formula is C20H33N5OS. The molecule has 0 saturated carbocycles. The molecule has 0 aliphatic carbocycles. The number of nitrogens with one attached hydrogen (secondary N) is 2. The molecule has 2 aromatic rings. The Morgan fingerprint density at radius 3 is 2.81 bits per heavy atom. The molecule has 150 valence electrons. The van der Waals surface area contributed by atoms with Crippen molar-refractivity contribution < 1.29 is 4.42 Å². The molecule has 2 N–H and O–H groups in total. The number of hydrogen-bond donors (Lipinski definition) is 2. The van der Waals surface area contributed by atoms with E-state index in [-0.39, 0.29) is 0 Å². The van der Waals surface area contributed by atoms with Crippen LogP contribution in [0.25, 0.3) is 10.8 Å². The van der Waals surface area contributed by atoms with Gasteiger partial charge in [0.05, 0.1) is 11.4 Å². The highest BCUT2D eigenvalue weighted by Crippen LogP contribution is 2.23. The quantitative estimate of drug-likeness (QED) is 0.448. The third kappa shape index (κ3) is 7.34. The van der Waals surface area contributed by atoms with Crippen molar-refractivity contribution in [2.75, 3.05) is 26.2 Å². The van der Waals surface area contributed by atoms with Crippen LogP contribution in [0.3, 0.4) is 0 Å². The van der Waals surface area contributed by atoms with E-state index in [0.29, 0.717) is 18.5 Å². The molecule has 0 amide bonds. The second-order valence-electron chi connectivity index (χ2n) is 6.53. The molecule has 27 heavy (non-hydrogen) atoms. The first-order valence-electron chi connectivity index (χ1n) is 9.91. The van der Waals surface area contributed by atoms with Gasteiger partial charge in [-0.1, -0.05) is 19.9 Å². The van der Waals surface area contributed by atoms with Crippen molar-refractivity contribution in [3.8, 4) is 10.8 Å². The number of oxazole rings is 1. The van der Waals surface area contributed by atoms with Gasteiger partial charge in [0.2, 0.25) is 5.89 Å². The van der Waals surface area contributed by atoms with E-state index in [4.69, 9.17) is 4.42 Å². The van der Waals surface area contributed by atoms with Crippen molar-refractivity contribution in [1.82, 2.24) is 20.5 Å². The fourth-order valence-electron chi connectivity index (χ4n) is 2.84. The average Bonchev–Trinajstić information content (AvgIpc) is 3.35. The highest BCUT2D eigenvalue weighted by Gasteiger charge is 2.09. The molecule has 0 saturated heterocycles. The Morgan fingerprint density at radius 2 is 2.15 bits per heavy atom. The zero-order chi connectivity index (χ0) is 19.5. The van der Waals surface area contributed by atoms with Gasteiger partial charge in [0.15, 0.2) is 5.96 Å². The van der Waals surface area contributed by atoms with E-state index in [1.54, 1.807) is 17.6 Å². The summed E-state index contributed by atoms with van der Waals surface area (Å²) in [6.07, 6.45) is 3.99. The van der Waals surface area contributed by atoms with Crippen LogP contribution < -0.4 is 10.6 Å². The molecule has 0 spiro atoms. The summed E-state index contributed by atoms with van der Waals surface area (Å²) >= 11 is 1.62. The van der Waals surface area contributed by atoms with Crippen LogP contribution in [0, 0.1) is 0 Å². The van der Waals surface area contributed by atoms with Gasteiger partial charge in [-0.2, -0.15) is 0 Å². The summed E-state index contributed by atoms with van der Waals surface area (Å²) in [7, 11) is 0. The molecule has 1 atom stereocenters. The minimum atomic E-state index is 0.373. The summed E-state index contributed by atoms with van der Waals surface area (Å²) in [5.41, 5.74) is 0.838. The van der Waals surface area contributed by atoms with E-state index in [2.05, 4.69) is 53.2 Å². The molecule has 0 aliphatic heterocycles. The highest BCUT2D eigenvalue weighted by molar-refractivity contribution is 7.13. The zero-order valence-corrected chi connectivity index (χ0v) is 17.8. The predicted molar refractivity (Wildman–Crippen MR) is 114 cm³/mol. The van der Waals surface area contributed by atoms with Crippen molar-refractivity contribution in [3.05, 3.63) is 29.5 Å². The van der Waals surface area contributed by atoms with Gasteiger partial charge >= 0.3 is 0 Å². The normalized spacial score (nSPS) is 13.1. The van der Waals surface area contributed by atoms with Crippen molar-refractivity contribution in [2.24, 2.45) is 4.99 Å². The van der Waals surface area contributed by atoms with Gasteiger partial charge in [0.1, 0.15) is 12.0 Å². The second-order valence-corrected chi connectivity index (χ2v) is 7.48. The number of rotatable bonds is 11. The first kappa shape index (κ1) is 21.4. The van der Waals surface area contributed by atoms with Gasteiger partial charge in [-0.05, 0) is 57.8 Å². The van der Waals surface area contributed by atoms with Gasteiger partial charge in [-0.15, -0.1) is 11.3 Å². The molecule has 2 heterocycles. The van der Waals surface area contributed by atoms with Crippen LogP contribution >= 0.6 is 11.3 Å². The minimum absolute atomic E-state index is 0.373. The maximum Gasteiger partial charge on any atom is 0.236 e. The van der Waals surface area contributed by atoms with Crippen molar-refractivity contribution in [2.45, 2.75) is 53.1 Å². The molecule has 0 aliphatic rings. The molecule has 7 heteroatoms. The van der Waals surface area contributed by atoms with Crippen LogP contribution in [0.5, 0.6) is 0 Å². The molecule has 6 nitrogen and oxygen atoms in total. The lowest BCUT2D eigenvalue weighted by molar-refractivity contribution is 0.292. The first-order chi connectivity index (χ1) is 13.2. The third-order valence-electron chi connectivity index (χ3n) is 4.42. The molecule has 2 rings (SSSR count). The van der Waals surface area contributed by atoms with Crippen molar-refractivity contribution >= 4 is 17.3 Å². The second kappa shape index (κ2) is 11.8. The predicted octanol–water partition coefficient (Wildman–Crippen LogP) is 3.97.